The molecule has 1 atom stereocenters. The van der Waals surface area contributed by atoms with E-state index in [0.717, 1.165) is 11.3 Å². The number of furan rings is 1. The van der Waals surface area contributed by atoms with E-state index in [1.165, 1.54) is 12.3 Å². The van der Waals surface area contributed by atoms with Gasteiger partial charge in [-0.15, -0.1) is 11.3 Å². The summed E-state index contributed by atoms with van der Waals surface area (Å²) in [5.41, 5.74) is 0. The Balaban J connectivity index is 1.85. The van der Waals surface area contributed by atoms with E-state index >= 15 is 0 Å². The molecule has 1 amide bonds. The van der Waals surface area contributed by atoms with Crippen LogP contribution in [-0.2, 0) is 11.3 Å². The summed E-state index contributed by atoms with van der Waals surface area (Å²) < 4.78 is 10.5. The third-order valence-corrected chi connectivity index (χ3v) is 3.38. The van der Waals surface area contributed by atoms with Crippen LogP contribution in [0, 0.1) is 0 Å². The third-order valence-electron chi connectivity index (χ3n) is 2.49. The van der Waals surface area contributed by atoms with Crippen molar-refractivity contribution in [1.29, 1.82) is 0 Å². The van der Waals surface area contributed by atoms with Gasteiger partial charge in [0.25, 0.3) is 5.91 Å². The van der Waals surface area contributed by atoms with Gasteiger partial charge in [0, 0.05) is 11.4 Å². The maximum absolute atomic E-state index is 11.8. The minimum atomic E-state index is -1.01. The van der Waals surface area contributed by atoms with Crippen molar-refractivity contribution in [3.63, 3.8) is 0 Å². The summed E-state index contributed by atoms with van der Waals surface area (Å²) in [5.74, 6) is -0.299. The molecule has 0 spiro atoms. The fourth-order valence-corrected chi connectivity index (χ4v) is 2.13. The molecule has 0 aliphatic heterocycles. The number of ether oxygens (including phenoxy) is 1. The molecule has 20 heavy (non-hydrogen) atoms. The Morgan fingerprint density at radius 2 is 2.35 bits per heavy atom. The maximum Gasteiger partial charge on any atom is 0.346 e. The van der Waals surface area contributed by atoms with E-state index < -0.39 is 12.1 Å². The molecule has 2 aromatic heterocycles. The molecule has 7 heteroatoms. The van der Waals surface area contributed by atoms with Crippen LogP contribution in [-0.4, -0.2) is 23.1 Å². The topological polar surface area (TPSA) is 88.8 Å². The van der Waals surface area contributed by atoms with E-state index in [1.807, 2.05) is 0 Å². The van der Waals surface area contributed by atoms with Gasteiger partial charge in [-0.25, -0.2) is 4.79 Å². The highest BCUT2D eigenvalue weighted by atomic mass is 32.1. The third kappa shape index (κ3) is 3.61. The number of carboxylic acids is 1. The fraction of sp³-hybridized carbons (Fsp3) is 0.231. The molecule has 0 aliphatic carbocycles. The Morgan fingerprint density at radius 3 is 2.95 bits per heavy atom. The molecule has 6 nitrogen and oxygen atoms in total. The van der Waals surface area contributed by atoms with Gasteiger partial charge in [0.15, 0.2) is 6.10 Å². The number of thiophene rings is 1. The van der Waals surface area contributed by atoms with Crippen molar-refractivity contribution in [2.45, 2.75) is 19.6 Å². The Labute approximate surface area is 119 Å². The molecule has 1 unspecified atom stereocenters. The molecular weight excluding hydrogens is 282 g/mol. The van der Waals surface area contributed by atoms with Crippen LogP contribution in [0.2, 0.25) is 0 Å². The van der Waals surface area contributed by atoms with Crippen molar-refractivity contribution in [1.82, 2.24) is 5.32 Å². The maximum atomic E-state index is 11.8. The van der Waals surface area contributed by atoms with Gasteiger partial charge in [0.2, 0.25) is 0 Å². The Hall–Kier alpha value is -2.28. The number of hydrogen-bond acceptors (Lipinski definition) is 5. The van der Waals surface area contributed by atoms with E-state index in [1.54, 1.807) is 24.4 Å². The second kappa shape index (κ2) is 6.25. The first kappa shape index (κ1) is 14.1. The second-order valence-corrected chi connectivity index (χ2v) is 4.92. The minimum absolute atomic E-state index is 0.170. The predicted molar refractivity (Wildman–Crippen MR) is 71.9 cm³/mol. The van der Waals surface area contributed by atoms with E-state index in [-0.39, 0.29) is 17.3 Å². The zero-order valence-electron chi connectivity index (χ0n) is 10.7. The zero-order chi connectivity index (χ0) is 14.5. The molecule has 2 heterocycles. The van der Waals surface area contributed by atoms with Gasteiger partial charge >= 0.3 is 5.97 Å². The molecule has 0 aliphatic rings. The van der Waals surface area contributed by atoms with Crippen LogP contribution in [0.1, 0.15) is 22.4 Å². The summed E-state index contributed by atoms with van der Waals surface area (Å²) in [6, 6.07) is 4.88. The zero-order valence-corrected chi connectivity index (χ0v) is 11.5. The predicted octanol–water partition coefficient (Wildman–Crippen LogP) is 2.12. The average molecular weight is 295 g/mol. The van der Waals surface area contributed by atoms with E-state index in [0.29, 0.717) is 11.5 Å². The van der Waals surface area contributed by atoms with Crippen LogP contribution in [0.5, 0.6) is 5.75 Å². The second-order valence-electron chi connectivity index (χ2n) is 4.01. The summed E-state index contributed by atoms with van der Waals surface area (Å²) in [6.07, 6.45) is 0.807. The quantitative estimate of drug-likeness (QED) is 0.852. The van der Waals surface area contributed by atoms with Crippen molar-refractivity contribution in [2.24, 2.45) is 0 Å². The number of hydrogen-bond donors (Lipinski definition) is 2. The van der Waals surface area contributed by atoms with Crippen molar-refractivity contribution in [3.8, 4) is 5.75 Å². The SMILES string of the molecule is CC(Oc1csc(C(=O)O)c1)C(=O)NCc1ccco1. The lowest BCUT2D eigenvalue weighted by atomic mass is 10.3. The number of aromatic carboxylic acids is 1. The Kier molecular flexibility index (Phi) is 4.41. The first-order valence-corrected chi connectivity index (χ1v) is 6.73. The van der Waals surface area contributed by atoms with Gasteiger partial charge < -0.3 is 19.6 Å². The van der Waals surface area contributed by atoms with Gasteiger partial charge in [-0.2, -0.15) is 0 Å². The first-order chi connectivity index (χ1) is 9.56. The van der Waals surface area contributed by atoms with Crippen molar-refractivity contribution < 1.29 is 23.8 Å². The lowest BCUT2D eigenvalue weighted by Gasteiger charge is -2.12. The molecule has 0 aromatic carbocycles. The minimum Gasteiger partial charge on any atom is -0.480 e. The number of carbonyl (C=O) groups excluding carboxylic acids is 1. The average Bonchev–Trinajstić information content (AvgIpc) is 3.06. The summed E-state index contributed by atoms with van der Waals surface area (Å²) >= 11 is 1.05. The normalized spacial score (nSPS) is 11.8. The highest BCUT2D eigenvalue weighted by molar-refractivity contribution is 7.12. The summed E-state index contributed by atoms with van der Waals surface area (Å²) in [6.45, 7) is 1.87. The number of amides is 1. The molecule has 2 rings (SSSR count). The smallest absolute Gasteiger partial charge is 0.346 e. The van der Waals surface area contributed by atoms with Crippen LogP contribution >= 0.6 is 11.3 Å². The van der Waals surface area contributed by atoms with Crippen LogP contribution in [0.3, 0.4) is 0 Å². The number of carbonyl (C=O) groups is 2. The molecule has 0 saturated carbocycles. The van der Waals surface area contributed by atoms with E-state index in [9.17, 15) is 9.59 Å². The van der Waals surface area contributed by atoms with Crippen LogP contribution in [0.4, 0.5) is 0 Å². The highest BCUT2D eigenvalue weighted by Crippen LogP contribution is 2.22. The molecule has 2 N–H and O–H groups in total. The molecule has 106 valence electrons. The van der Waals surface area contributed by atoms with Gasteiger partial charge in [-0.3, -0.25) is 4.79 Å². The Bertz CT molecular complexity index is 590. The molecular formula is C13H13NO5S. The van der Waals surface area contributed by atoms with Gasteiger partial charge in [0.1, 0.15) is 16.4 Å². The van der Waals surface area contributed by atoms with Gasteiger partial charge in [-0.1, -0.05) is 0 Å². The van der Waals surface area contributed by atoms with E-state index in [2.05, 4.69) is 5.32 Å². The van der Waals surface area contributed by atoms with E-state index in [4.69, 9.17) is 14.3 Å². The number of carboxylic acid groups (broad SMARTS) is 1. The van der Waals surface area contributed by atoms with Crippen LogP contribution in [0.25, 0.3) is 0 Å². The number of rotatable bonds is 6. The van der Waals surface area contributed by atoms with Crippen molar-refractivity contribution in [2.75, 3.05) is 0 Å². The molecule has 0 fully saturated rings. The van der Waals surface area contributed by atoms with Crippen LogP contribution in [0.15, 0.2) is 34.3 Å². The summed E-state index contributed by atoms with van der Waals surface area (Å²) in [7, 11) is 0. The standard InChI is InChI=1S/C13H13NO5S/c1-8(12(15)14-6-9-3-2-4-18-9)19-10-5-11(13(16)17)20-7-10/h2-5,7-8H,6H2,1H3,(H,14,15)(H,16,17). The van der Waals surface area contributed by atoms with Crippen LogP contribution < -0.4 is 10.1 Å². The summed E-state index contributed by atoms with van der Waals surface area (Å²) in [4.78, 5) is 22.7. The van der Waals surface area contributed by atoms with Gasteiger partial charge in [0.05, 0.1) is 12.8 Å². The molecule has 0 radical (unpaired) electrons. The first-order valence-electron chi connectivity index (χ1n) is 5.85. The van der Waals surface area contributed by atoms with Crippen molar-refractivity contribution in [3.05, 3.63) is 40.5 Å². The fourth-order valence-electron chi connectivity index (χ4n) is 1.48. The lowest BCUT2D eigenvalue weighted by molar-refractivity contribution is -0.127. The number of nitrogens with one attached hydrogen (secondary N) is 1. The van der Waals surface area contributed by atoms with Gasteiger partial charge in [-0.05, 0) is 19.1 Å². The molecule has 0 bridgehead atoms. The molecule has 0 saturated heterocycles. The molecule has 2 aromatic rings. The summed E-state index contributed by atoms with van der Waals surface area (Å²) in [5, 5.41) is 13.0. The monoisotopic (exact) mass is 295 g/mol. The highest BCUT2D eigenvalue weighted by Gasteiger charge is 2.16. The Morgan fingerprint density at radius 1 is 1.55 bits per heavy atom. The lowest BCUT2D eigenvalue weighted by Crippen LogP contribution is -2.35. The largest absolute Gasteiger partial charge is 0.480 e. The van der Waals surface area contributed by atoms with Crippen molar-refractivity contribution >= 4 is 23.2 Å².